The number of ether oxygens (including phenoxy) is 1. The second-order valence-corrected chi connectivity index (χ2v) is 6.29. The summed E-state index contributed by atoms with van der Waals surface area (Å²) in [6.45, 7) is 2.26. The van der Waals surface area contributed by atoms with Crippen LogP contribution in [-0.4, -0.2) is 4.98 Å². The van der Waals surface area contributed by atoms with Crippen molar-refractivity contribution < 1.29 is 9.13 Å². The fraction of sp³-hybridized carbons (Fsp3) is 0.476. The Bertz CT molecular complexity index is 565. The van der Waals surface area contributed by atoms with E-state index in [0.29, 0.717) is 5.75 Å². The molecule has 0 aliphatic heterocycles. The molecule has 0 aliphatic rings. The Morgan fingerprint density at radius 3 is 2.04 bits per heavy atom. The van der Waals surface area contributed by atoms with Crippen LogP contribution in [0.1, 0.15) is 63.9 Å². The lowest BCUT2D eigenvalue weighted by Crippen LogP contribution is -1.89. The summed E-state index contributed by atoms with van der Waals surface area (Å²) >= 11 is 0. The van der Waals surface area contributed by atoms with E-state index in [1.165, 1.54) is 69.2 Å². The molecule has 0 radical (unpaired) electrons. The van der Waals surface area contributed by atoms with Crippen molar-refractivity contribution in [2.75, 3.05) is 0 Å². The summed E-state index contributed by atoms with van der Waals surface area (Å²) in [5.41, 5.74) is 1.34. The van der Waals surface area contributed by atoms with Gasteiger partial charge in [0.1, 0.15) is 11.5 Å². The summed E-state index contributed by atoms with van der Waals surface area (Å²) in [4.78, 5) is 3.58. The molecule has 1 heterocycles. The highest BCUT2D eigenvalue weighted by molar-refractivity contribution is 5.31. The molecule has 0 atom stereocenters. The van der Waals surface area contributed by atoms with E-state index in [-0.39, 0.29) is 0 Å². The summed E-state index contributed by atoms with van der Waals surface area (Å²) in [5.74, 6) is 0.804. The molecule has 2 rings (SSSR count). The number of hydrogen-bond acceptors (Lipinski definition) is 2. The van der Waals surface area contributed by atoms with Crippen LogP contribution in [0.4, 0.5) is 4.39 Å². The van der Waals surface area contributed by atoms with Crippen LogP contribution >= 0.6 is 0 Å². The molecule has 0 fully saturated rings. The molecule has 3 heteroatoms. The molecule has 0 unspecified atom stereocenters. The van der Waals surface area contributed by atoms with E-state index >= 15 is 0 Å². The Morgan fingerprint density at radius 1 is 0.792 bits per heavy atom. The van der Waals surface area contributed by atoms with Gasteiger partial charge in [-0.05, 0) is 42.7 Å². The quantitative estimate of drug-likeness (QED) is 0.338. The number of aryl methyl sites for hydroxylation is 1. The van der Waals surface area contributed by atoms with Gasteiger partial charge in [0.15, 0.2) is 0 Å². The first-order valence-electron chi connectivity index (χ1n) is 9.16. The van der Waals surface area contributed by atoms with Gasteiger partial charge in [-0.3, -0.25) is 0 Å². The molecular formula is C21H28FNO. The van der Waals surface area contributed by atoms with Crippen LogP contribution < -0.4 is 4.74 Å². The number of hydrogen-bond donors (Lipinski definition) is 0. The topological polar surface area (TPSA) is 22.1 Å². The van der Waals surface area contributed by atoms with Crippen LogP contribution in [0.2, 0.25) is 0 Å². The molecule has 0 aliphatic carbocycles. The van der Waals surface area contributed by atoms with Crippen molar-refractivity contribution in [2.24, 2.45) is 0 Å². The molecule has 1 aromatic heterocycles. The molecule has 0 spiro atoms. The maximum atomic E-state index is 12.8. The maximum Gasteiger partial charge on any atom is 0.213 e. The van der Waals surface area contributed by atoms with E-state index in [4.69, 9.17) is 4.74 Å². The summed E-state index contributed by atoms with van der Waals surface area (Å²) in [6.07, 6.45) is 13.3. The normalized spacial score (nSPS) is 10.8. The van der Waals surface area contributed by atoms with Gasteiger partial charge in [-0.25, -0.2) is 4.98 Å². The van der Waals surface area contributed by atoms with Crippen LogP contribution in [0, 0.1) is 5.95 Å². The third-order valence-corrected chi connectivity index (χ3v) is 4.18. The van der Waals surface area contributed by atoms with Gasteiger partial charge in [0.05, 0.1) is 6.20 Å². The summed E-state index contributed by atoms with van der Waals surface area (Å²) < 4.78 is 18.4. The average molecular weight is 329 g/mol. The van der Waals surface area contributed by atoms with Gasteiger partial charge in [-0.1, -0.05) is 64.0 Å². The molecule has 130 valence electrons. The molecular weight excluding hydrogens is 301 g/mol. The summed E-state index contributed by atoms with van der Waals surface area (Å²) in [7, 11) is 0. The first-order valence-corrected chi connectivity index (χ1v) is 9.16. The Morgan fingerprint density at radius 2 is 1.42 bits per heavy atom. The smallest absolute Gasteiger partial charge is 0.213 e. The molecule has 0 saturated carbocycles. The Labute approximate surface area is 145 Å². The fourth-order valence-electron chi connectivity index (χ4n) is 2.75. The molecule has 1 aromatic carbocycles. The second kappa shape index (κ2) is 10.8. The molecule has 0 amide bonds. The van der Waals surface area contributed by atoms with Crippen LogP contribution in [0.15, 0.2) is 42.6 Å². The van der Waals surface area contributed by atoms with Gasteiger partial charge < -0.3 is 4.74 Å². The maximum absolute atomic E-state index is 12.8. The third-order valence-electron chi connectivity index (χ3n) is 4.18. The molecule has 24 heavy (non-hydrogen) atoms. The number of nitrogens with zero attached hydrogens (tertiary/aromatic N) is 1. The van der Waals surface area contributed by atoms with E-state index in [1.54, 1.807) is 6.07 Å². The van der Waals surface area contributed by atoms with Crippen LogP contribution in [0.3, 0.4) is 0 Å². The predicted octanol–water partition coefficient (Wildman–Crippen LogP) is 6.70. The van der Waals surface area contributed by atoms with E-state index in [0.717, 1.165) is 12.2 Å². The summed E-state index contributed by atoms with van der Waals surface area (Å²) in [5, 5.41) is 0. The van der Waals surface area contributed by atoms with Crippen molar-refractivity contribution in [3.05, 3.63) is 54.1 Å². The third kappa shape index (κ3) is 7.12. The van der Waals surface area contributed by atoms with E-state index < -0.39 is 5.95 Å². The number of unbranched alkanes of at least 4 members (excludes halogenated alkanes) is 7. The molecule has 0 bridgehead atoms. The Balaban J connectivity index is 1.64. The predicted molar refractivity (Wildman–Crippen MR) is 97.0 cm³/mol. The van der Waals surface area contributed by atoms with Crippen molar-refractivity contribution in [1.82, 2.24) is 4.98 Å². The first kappa shape index (κ1) is 18.4. The highest BCUT2D eigenvalue weighted by Gasteiger charge is 2.00. The SMILES string of the molecule is CCCCCCCCCCc1ccc(Oc2ccc(F)nc2)cc1. The number of rotatable bonds is 11. The lowest BCUT2D eigenvalue weighted by molar-refractivity contribution is 0.474. The highest BCUT2D eigenvalue weighted by atomic mass is 19.1. The zero-order valence-electron chi connectivity index (χ0n) is 14.6. The van der Waals surface area contributed by atoms with Gasteiger partial charge in [0.2, 0.25) is 5.95 Å². The van der Waals surface area contributed by atoms with E-state index in [1.807, 2.05) is 12.1 Å². The average Bonchev–Trinajstić information content (AvgIpc) is 2.61. The van der Waals surface area contributed by atoms with Gasteiger partial charge in [-0.2, -0.15) is 4.39 Å². The van der Waals surface area contributed by atoms with Crippen molar-refractivity contribution in [3.8, 4) is 11.5 Å². The minimum atomic E-state index is -0.497. The number of pyridine rings is 1. The van der Waals surface area contributed by atoms with Gasteiger partial charge in [0, 0.05) is 0 Å². The molecule has 0 saturated heterocycles. The van der Waals surface area contributed by atoms with Gasteiger partial charge in [-0.15, -0.1) is 0 Å². The second-order valence-electron chi connectivity index (χ2n) is 6.29. The van der Waals surface area contributed by atoms with Crippen molar-refractivity contribution >= 4 is 0 Å². The van der Waals surface area contributed by atoms with Crippen LogP contribution in [0.5, 0.6) is 11.5 Å². The highest BCUT2D eigenvalue weighted by Crippen LogP contribution is 2.21. The number of halogens is 1. The molecule has 2 aromatic rings. The monoisotopic (exact) mass is 329 g/mol. The largest absolute Gasteiger partial charge is 0.456 e. The lowest BCUT2D eigenvalue weighted by Gasteiger charge is -2.07. The van der Waals surface area contributed by atoms with E-state index in [2.05, 4.69) is 24.0 Å². The number of aromatic nitrogens is 1. The van der Waals surface area contributed by atoms with Gasteiger partial charge in [0.25, 0.3) is 0 Å². The van der Waals surface area contributed by atoms with Crippen molar-refractivity contribution in [1.29, 1.82) is 0 Å². The number of benzene rings is 1. The lowest BCUT2D eigenvalue weighted by atomic mass is 10.0. The van der Waals surface area contributed by atoms with Crippen LogP contribution in [-0.2, 0) is 6.42 Å². The van der Waals surface area contributed by atoms with E-state index in [9.17, 15) is 4.39 Å². The standard InChI is InChI=1S/C21H28FNO/c1-2-3-4-5-6-7-8-9-10-18-11-13-19(14-12-18)24-20-15-16-21(22)23-17-20/h11-17H,2-10H2,1H3. The molecule has 2 nitrogen and oxygen atoms in total. The fourth-order valence-corrected chi connectivity index (χ4v) is 2.75. The summed E-state index contributed by atoms with van der Waals surface area (Å²) in [6, 6.07) is 11.0. The zero-order chi connectivity index (χ0) is 17.0. The Hall–Kier alpha value is -1.90. The minimum absolute atomic E-state index is 0.497. The van der Waals surface area contributed by atoms with Crippen LogP contribution in [0.25, 0.3) is 0 Å². The molecule has 0 N–H and O–H groups in total. The van der Waals surface area contributed by atoms with Crippen molar-refractivity contribution in [2.45, 2.75) is 64.7 Å². The first-order chi connectivity index (χ1) is 11.8. The van der Waals surface area contributed by atoms with Crippen molar-refractivity contribution in [3.63, 3.8) is 0 Å². The minimum Gasteiger partial charge on any atom is -0.456 e. The van der Waals surface area contributed by atoms with Gasteiger partial charge >= 0.3 is 0 Å². The zero-order valence-corrected chi connectivity index (χ0v) is 14.6. The Kier molecular flexibility index (Phi) is 8.29.